The number of aryl methyl sites for hydroxylation is 1. The fourth-order valence-electron chi connectivity index (χ4n) is 3.34. The second kappa shape index (κ2) is 6.16. The van der Waals surface area contributed by atoms with Crippen molar-refractivity contribution < 1.29 is 9.32 Å². The van der Waals surface area contributed by atoms with Crippen molar-refractivity contribution in [3.63, 3.8) is 0 Å². The van der Waals surface area contributed by atoms with Gasteiger partial charge in [0, 0.05) is 19.2 Å². The van der Waals surface area contributed by atoms with Crippen LogP contribution in [0, 0.1) is 6.92 Å². The van der Waals surface area contributed by atoms with Crippen LogP contribution in [0.2, 0.25) is 0 Å². The molecular weight excluding hydrogens is 320 g/mol. The second-order valence-electron chi connectivity index (χ2n) is 6.34. The zero-order chi connectivity index (χ0) is 17.4. The molecule has 0 unspecified atom stereocenters. The SMILES string of the molecule is Cc1cc(C(=O)N2CCC[C@@H](n3cnc4ccccc4c3=O)C2)no1. The molecule has 0 N–H and O–H groups in total. The molecule has 3 heterocycles. The fraction of sp³-hybridized carbons (Fsp3) is 0.333. The largest absolute Gasteiger partial charge is 0.361 e. The van der Waals surface area contributed by atoms with Crippen LogP contribution in [0.5, 0.6) is 0 Å². The zero-order valence-corrected chi connectivity index (χ0v) is 13.9. The number of fused-ring (bicyclic) bond motifs is 1. The topological polar surface area (TPSA) is 81.2 Å². The maximum Gasteiger partial charge on any atom is 0.276 e. The van der Waals surface area contributed by atoms with Crippen molar-refractivity contribution >= 4 is 16.8 Å². The number of para-hydroxylation sites is 1. The van der Waals surface area contributed by atoms with E-state index in [4.69, 9.17) is 4.52 Å². The highest BCUT2D eigenvalue weighted by atomic mass is 16.5. The molecule has 0 bridgehead atoms. The van der Waals surface area contributed by atoms with Crippen LogP contribution in [-0.2, 0) is 0 Å². The lowest BCUT2D eigenvalue weighted by molar-refractivity contribution is 0.0667. The molecule has 128 valence electrons. The van der Waals surface area contributed by atoms with Gasteiger partial charge in [-0.05, 0) is 31.9 Å². The molecule has 1 atom stereocenters. The number of piperidine rings is 1. The van der Waals surface area contributed by atoms with Gasteiger partial charge in [0.1, 0.15) is 5.76 Å². The summed E-state index contributed by atoms with van der Waals surface area (Å²) in [6, 6.07) is 8.85. The van der Waals surface area contributed by atoms with E-state index in [1.807, 2.05) is 18.2 Å². The molecule has 1 aliphatic heterocycles. The number of likely N-dealkylation sites (tertiary alicyclic amines) is 1. The second-order valence-corrected chi connectivity index (χ2v) is 6.34. The number of nitrogens with zero attached hydrogens (tertiary/aromatic N) is 4. The van der Waals surface area contributed by atoms with Crippen molar-refractivity contribution in [3.05, 3.63) is 58.5 Å². The van der Waals surface area contributed by atoms with E-state index in [1.54, 1.807) is 34.9 Å². The molecule has 7 nitrogen and oxygen atoms in total. The number of aromatic nitrogens is 3. The Morgan fingerprint density at radius 1 is 1.32 bits per heavy atom. The summed E-state index contributed by atoms with van der Waals surface area (Å²) in [7, 11) is 0. The Morgan fingerprint density at radius 3 is 2.96 bits per heavy atom. The van der Waals surface area contributed by atoms with E-state index in [-0.39, 0.29) is 17.5 Å². The molecule has 0 spiro atoms. The van der Waals surface area contributed by atoms with Gasteiger partial charge >= 0.3 is 0 Å². The standard InChI is InChI=1S/C18H18N4O3/c1-12-9-16(20-25-12)18(24)21-8-4-5-13(10-21)22-11-19-15-7-3-2-6-14(15)17(22)23/h2-3,6-7,9,11,13H,4-5,8,10H2,1H3/t13-/m1/s1. The number of benzene rings is 1. The van der Waals surface area contributed by atoms with E-state index in [0.29, 0.717) is 35.4 Å². The molecule has 4 rings (SSSR count). The van der Waals surface area contributed by atoms with Crippen molar-refractivity contribution in [2.45, 2.75) is 25.8 Å². The van der Waals surface area contributed by atoms with Crippen LogP contribution in [0.15, 0.2) is 46.0 Å². The molecule has 1 amide bonds. The van der Waals surface area contributed by atoms with Gasteiger partial charge in [-0.1, -0.05) is 17.3 Å². The monoisotopic (exact) mass is 338 g/mol. The molecule has 0 aliphatic carbocycles. The van der Waals surface area contributed by atoms with E-state index < -0.39 is 0 Å². The summed E-state index contributed by atoms with van der Waals surface area (Å²) in [6.45, 7) is 2.87. The average Bonchev–Trinajstić information content (AvgIpc) is 3.08. The van der Waals surface area contributed by atoms with Gasteiger partial charge < -0.3 is 9.42 Å². The number of amides is 1. The zero-order valence-electron chi connectivity index (χ0n) is 13.9. The molecule has 7 heteroatoms. The summed E-state index contributed by atoms with van der Waals surface area (Å²) >= 11 is 0. The molecule has 0 saturated carbocycles. The third kappa shape index (κ3) is 2.82. The van der Waals surface area contributed by atoms with Crippen LogP contribution < -0.4 is 5.56 Å². The highest BCUT2D eigenvalue weighted by molar-refractivity contribution is 5.92. The first kappa shape index (κ1) is 15.6. The van der Waals surface area contributed by atoms with E-state index >= 15 is 0 Å². The van der Waals surface area contributed by atoms with Gasteiger partial charge in [-0.25, -0.2) is 4.98 Å². The first-order valence-corrected chi connectivity index (χ1v) is 8.32. The minimum Gasteiger partial charge on any atom is -0.361 e. The van der Waals surface area contributed by atoms with Crippen LogP contribution in [0.1, 0.15) is 35.1 Å². The summed E-state index contributed by atoms with van der Waals surface area (Å²) < 4.78 is 6.64. The molecular formula is C18H18N4O3. The Labute approximate surface area is 143 Å². The van der Waals surface area contributed by atoms with E-state index in [9.17, 15) is 9.59 Å². The Bertz CT molecular complexity index is 991. The molecule has 2 aromatic heterocycles. The van der Waals surface area contributed by atoms with E-state index in [1.165, 1.54) is 0 Å². The maximum absolute atomic E-state index is 12.8. The molecule has 1 aliphatic rings. The third-order valence-electron chi connectivity index (χ3n) is 4.61. The molecule has 0 radical (unpaired) electrons. The van der Waals surface area contributed by atoms with Gasteiger partial charge in [-0.3, -0.25) is 14.2 Å². The lowest BCUT2D eigenvalue weighted by Gasteiger charge is -2.33. The van der Waals surface area contributed by atoms with Crippen molar-refractivity contribution in [2.75, 3.05) is 13.1 Å². The van der Waals surface area contributed by atoms with Gasteiger partial charge in [0.05, 0.1) is 23.3 Å². The van der Waals surface area contributed by atoms with Gasteiger partial charge in [0.2, 0.25) is 0 Å². The number of rotatable bonds is 2. The maximum atomic E-state index is 12.8. The number of hydrogen-bond acceptors (Lipinski definition) is 5. The minimum atomic E-state index is -0.164. The van der Waals surface area contributed by atoms with Gasteiger partial charge in [0.25, 0.3) is 11.5 Å². The summed E-state index contributed by atoms with van der Waals surface area (Å²) in [5, 5.41) is 4.40. The number of hydrogen-bond donors (Lipinski definition) is 0. The molecule has 1 fully saturated rings. The number of carbonyl (C=O) groups excluding carboxylic acids is 1. The Kier molecular flexibility index (Phi) is 3.83. The minimum absolute atomic E-state index is 0.0674. The first-order chi connectivity index (χ1) is 12.1. The normalized spacial score (nSPS) is 17.8. The molecule has 1 aromatic carbocycles. The Hall–Kier alpha value is -2.96. The van der Waals surface area contributed by atoms with Crippen molar-refractivity contribution in [3.8, 4) is 0 Å². The van der Waals surface area contributed by atoms with Crippen LogP contribution in [0.3, 0.4) is 0 Å². The summed E-state index contributed by atoms with van der Waals surface area (Å²) in [5.74, 6) is 0.440. The van der Waals surface area contributed by atoms with Crippen molar-refractivity contribution in [1.82, 2.24) is 19.6 Å². The Morgan fingerprint density at radius 2 is 2.16 bits per heavy atom. The van der Waals surface area contributed by atoms with Crippen molar-refractivity contribution in [2.24, 2.45) is 0 Å². The van der Waals surface area contributed by atoms with Crippen LogP contribution in [0.4, 0.5) is 0 Å². The smallest absolute Gasteiger partial charge is 0.276 e. The third-order valence-corrected chi connectivity index (χ3v) is 4.61. The fourth-order valence-corrected chi connectivity index (χ4v) is 3.34. The predicted molar refractivity (Wildman–Crippen MR) is 91.4 cm³/mol. The van der Waals surface area contributed by atoms with Crippen LogP contribution in [0.25, 0.3) is 10.9 Å². The average molecular weight is 338 g/mol. The highest BCUT2D eigenvalue weighted by Gasteiger charge is 2.28. The van der Waals surface area contributed by atoms with Gasteiger partial charge in [-0.2, -0.15) is 0 Å². The van der Waals surface area contributed by atoms with Crippen LogP contribution >= 0.6 is 0 Å². The van der Waals surface area contributed by atoms with Gasteiger partial charge in [0.15, 0.2) is 5.69 Å². The molecule has 25 heavy (non-hydrogen) atoms. The highest BCUT2D eigenvalue weighted by Crippen LogP contribution is 2.22. The lowest BCUT2D eigenvalue weighted by Crippen LogP contribution is -2.43. The van der Waals surface area contributed by atoms with Gasteiger partial charge in [-0.15, -0.1) is 0 Å². The van der Waals surface area contributed by atoms with Crippen LogP contribution in [-0.4, -0.2) is 38.6 Å². The van der Waals surface area contributed by atoms with E-state index in [0.717, 1.165) is 12.8 Å². The van der Waals surface area contributed by atoms with Crippen molar-refractivity contribution in [1.29, 1.82) is 0 Å². The molecule has 3 aromatic rings. The quantitative estimate of drug-likeness (QED) is 0.715. The number of carbonyl (C=O) groups is 1. The molecule has 1 saturated heterocycles. The summed E-state index contributed by atoms with van der Waals surface area (Å²) in [4.78, 5) is 31.5. The summed E-state index contributed by atoms with van der Waals surface area (Å²) in [5.41, 5.74) is 0.926. The predicted octanol–water partition coefficient (Wildman–Crippen LogP) is 2.17. The first-order valence-electron chi connectivity index (χ1n) is 8.32. The Balaban J connectivity index is 1.62. The summed E-state index contributed by atoms with van der Waals surface area (Å²) in [6.07, 6.45) is 3.25. The lowest BCUT2D eigenvalue weighted by atomic mass is 10.0. The van der Waals surface area contributed by atoms with E-state index in [2.05, 4.69) is 10.1 Å².